The highest BCUT2D eigenvalue weighted by Gasteiger charge is 2.27. The summed E-state index contributed by atoms with van der Waals surface area (Å²) >= 11 is 0. The number of ether oxygens (including phenoxy) is 1. The Morgan fingerprint density at radius 1 is 1.06 bits per heavy atom. The molecule has 2 fully saturated rings. The summed E-state index contributed by atoms with van der Waals surface area (Å²) in [6.45, 7) is 10.3. The molecule has 1 aliphatic heterocycles. The summed E-state index contributed by atoms with van der Waals surface area (Å²) in [5.41, 5.74) is 8.25. The number of hydrogen-bond acceptors (Lipinski definition) is 3. The van der Waals surface area contributed by atoms with E-state index in [9.17, 15) is 4.79 Å². The van der Waals surface area contributed by atoms with Crippen LogP contribution in [0, 0.1) is 13.8 Å². The van der Waals surface area contributed by atoms with E-state index in [1.165, 1.54) is 47.7 Å². The quantitative estimate of drug-likeness (QED) is 0.559. The van der Waals surface area contributed by atoms with Crippen molar-refractivity contribution in [2.75, 3.05) is 13.2 Å². The predicted octanol–water partition coefficient (Wildman–Crippen LogP) is 5.29. The first-order chi connectivity index (χ1) is 15.8. The van der Waals surface area contributed by atoms with E-state index in [0.29, 0.717) is 23.9 Å². The van der Waals surface area contributed by atoms with Gasteiger partial charge in [-0.05, 0) is 80.2 Å². The van der Waals surface area contributed by atoms with E-state index in [-0.39, 0.29) is 5.56 Å². The van der Waals surface area contributed by atoms with Crippen LogP contribution in [0.3, 0.4) is 0 Å². The predicted molar refractivity (Wildman–Crippen MR) is 135 cm³/mol. The molecule has 0 atom stereocenters. The first kappa shape index (κ1) is 22.4. The fourth-order valence-corrected chi connectivity index (χ4v) is 5.78. The van der Waals surface area contributed by atoms with Gasteiger partial charge in [-0.25, -0.2) is 0 Å². The minimum Gasteiger partial charge on any atom is -0.378 e. The van der Waals surface area contributed by atoms with Gasteiger partial charge in [-0.1, -0.05) is 19.9 Å². The number of aromatic nitrogens is 2. The highest BCUT2D eigenvalue weighted by molar-refractivity contribution is 5.92. The average molecular weight is 448 g/mol. The molecule has 3 aromatic rings. The van der Waals surface area contributed by atoms with Crippen LogP contribution in [-0.4, -0.2) is 34.8 Å². The molecule has 2 aliphatic rings. The largest absolute Gasteiger partial charge is 0.378 e. The lowest BCUT2D eigenvalue weighted by molar-refractivity contribution is -0.0121. The Morgan fingerprint density at radius 3 is 2.42 bits per heavy atom. The molecule has 5 rings (SSSR count). The Labute approximate surface area is 196 Å². The Morgan fingerprint density at radius 2 is 1.79 bits per heavy atom. The smallest absolute Gasteiger partial charge is 0.253 e. The molecule has 2 N–H and O–H groups in total. The zero-order valence-corrected chi connectivity index (χ0v) is 20.6. The highest BCUT2D eigenvalue weighted by Crippen LogP contribution is 2.40. The van der Waals surface area contributed by atoms with E-state index in [2.05, 4.69) is 49.3 Å². The highest BCUT2D eigenvalue weighted by atomic mass is 16.5. The third-order valence-electron chi connectivity index (χ3n) is 7.95. The van der Waals surface area contributed by atoms with Crippen molar-refractivity contribution in [3.8, 4) is 11.3 Å². The van der Waals surface area contributed by atoms with Gasteiger partial charge in [0.05, 0.1) is 24.9 Å². The maximum Gasteiger partial charge on any atom is 0.253 e. The SMILES string of the molecule is Cc1c(-c2[nH]c3ccc(C4CCC(NC5COC5)CC4)cc3c2C(C)C)cn(C)c(=O)c1C. The van der Waals surface area contributed by atoms with E-state index in [4.69, 9.17) is 4.74 Å². The van der Waals surface area contributed by atoms with Gasteiger partial charge in [-0.2, -0.15) is 0 Å². The number of H-pyrrole nitrogens is 1. The lowest BCUT2D eigenvalue weighted by atomic mass is 9.81. The number of fused-ring (bicyclic) bond motifs is 1. The molecular formula is C28H37N3O2. The molecule has 0 unspecified atom stereocenters. The van der Waals surface area contributed by atoms with Crippen LogP contribution in [-0.2, 0) is 11.8 Å². The summed E-state index contributed by atoms with van der Waals surface area (Å²) in [7, 11) is 1.84. The molecule has 0 spiro atoms. The number of nitrogens with one attached hydrogen (secondary N) is 2. The molecule has 0 radical (unpaired) electrons. The molecule has 5 heteroatoms. The Kier molecular flexibility index (Phi) is 5.96. The molecule has 5 nitrogen and oxygen atoms in total. The molecule has 33 heavy (non-hydrogen) atoms. The molecule has 3 heterocycles. The molecule has 2 aromatic heterocycles. The second kappa shape index (κ2) is 8.77. The summed E-state index contributed by atoms with van der Waals surface area (Å²) in [5.74, 6) is 1.01. The van der Waals surface area contributed by atoms with Crippen LogP contribution >= 0.6 is 0 Å². The van der Waals surface area contributed by atoms with Crippen molar-refractivity contribution < 1.29 is 4.74 Å². The number of pyridine rings is 1. The first-order valence-corrected chi connectivity index (χ1v) is 12.5. The lowest BCUT2D eigenvalue weighted by Gasteiger charge is -2.35. The van der Waals surface area contributed by atoms with Crippen LogP contribution in [0.25, 0.3) is 22.2 Å². The molecule has 1 saturated heterocycles. The fraction of sp³-hybridized carbons (Fsp3) is 0.536. The zero-order valence-electron chi connectivity index (χ0n) is 20.6. The summed E-state index contributed by atoms with van der Waals surface area (Å²) in [6.07, 6.45) is 6.95. The molecule has 176 valence electrons. The normalized spacial score (nSPS) is 21.6. The van der Waals surface area contributed by atoms with Gasteiger partial charge in [0.15, 0.2) is 0 Å². The van der Waals surface area contributed by atoms with Crippen LogP contribution < -0.4 is 10.9 Å². The van der Waals surface area contributed by atoms with Crippen LogP contribution in [0.2, 0.25) is 0 Å². The van der Waals surface area contributed by atoms with Crippen LogP contribution in [0.15, 0.2) is 29.2 Å². The number of rotatable bonds is 5. The number of aryl methyl sites for hydroxylation is 1. The van der Waals surface area contributed by atoms with Gasteiger partial charge in [0.2, 0.25) is 0 Å². The first-order valence-electron chi connectivity index (χ1n) is 12.5. The van der Waals surface area contributed by atoms with E-state index in [1.54, 1.807) is 4.57 Å². The summed E-state index contributed by atoms with van der Waals surface area (Å²) in [6, 6.07) is 8.23. The van der Waals surface area contributed by atoms with Gasteiger partial charge >= 0.3 is 0 Å². The third kappa shape index (κ3) is 4.06. The van der Waals surface area contributed by atoms with Crippen molar-refractivity contribution in [1.29, 1.82) is 0 Å². The van der Waals surface area contributed by atoms with Crippen LogP contribution in [0.5, 0.6) is 0 Å². The van der Waals surface area contributed by atoms with Gasteiger partial charge in [-0.3, -0.25) is 4.79 Å². The van der Waals surface area contributed by atoms with Gasteiger partial charge in [0.25, 0.3) is 5.56 Å². The number of nitrogens with zero attached hydrogens (tertiary/aromatic N) is 1. The Balaban J connectivity index is 1.48. The number of hydrogen-bond donors (Lipinski definition) is 2. The van der Waals surface area contributed by atoms with E-state index in [1.807, 2.05) is 20.2 Å². The molecule has 0 bridgehead atoms. The molecule has 1 aromatic carbocycles. The van der Waals surface area contributed by atoms with E-state index < -0.39 is 0 Å². The minimum absolute atomic E-state index is 0.0793. The van der Waals surface area contributed by atoms with Crippen LogP contribution in [0.4, 0.5) is 0 Å². The molecular weight excluding hydrogens is 410 g/mol. The average Bonchev–Trinajstić information content (AvgIpc) is 3.16. The third-order valence-corrected chi connectivity index (χ3v) is 7.95. The second-order valence-corrected chi connectivity index (χ2v) is 10.5. The maximum absolute atomic E-state index is 12.4. The molecule has 0 amide bonds. The van der Waals surface area contributed by atoms with Gasteiger partial charge in [-0.15, -0.1) is 0 Å². The van der Waals surface area contributed by atoms with E-state index >= 15 is 0 Å². The number of aromatic amines is 1. The summed E-state index contributed by atoms with van der Waals surface area (Å²) < 4.78 is 7.03. The Bertz CT molecular complexity index is 1220. The van der Waals surface area contributed by atoms with Crippen molar-refractivity contribution >= 4 is 10.9 Å². The van der Waals surface area contributed by atoms with Gasteiger partial charge in [0.1, 0.15) is 0 Å². The lowest BCUT2D eigenvalue weighted by Crippen LogP contribution is -2.51. The van der Waals surface area contributed by atoms with Crippen molar-refractivity contribution in [3.63, 3.8) is 0 Å². The standard InChI is InChI=1S/C28H37N3O2/c1-16(2)26-23-12-20(19-6-9-21(10-7-19)29-22-14-33-15-22)8-11-25(23)30-27(26)24-13-31(5)28(32)18(4)17(24)3/h8,11-13,16,19,21-22,29-30H,6-7,9-10,14-15H2,1-5H3. The minimum atomic E-state index is 0.0793. The van der Waals surface area contributed by atoms with Crippen molar-refractivity contribution in [2.45, 2.75) is 77.3 Å². The monoisotopic (exact) mass is 447 g/mol. The van der Waals surface area contributed by atoms with Crippen molar-refractivity contribution in [2.24, 2.45) is 7.05 Å². The van der Waals surface area contributed by atoms with Gasteiger partial charge < -0.3 is 19.6 Å². The fourth-order valence-electron chi connectivity index (χ4n) is 5.78. The Hall–Kier alpha value is -2.37. The summed E-state index contributed by atoms with van der Waals surface area (Å²) in [4.78, 5) is 16.1. The number of benzene rings is 1. The van der Waals surface area contributed by atoms with Gasteiger partial charge in [0, 0.05) is 41.3 Å². The summed E-state index contributed by atoms with van der Waals surface area (Å²) in [5, 5.41) is 5.10. The maximum atomic E-state index is 12.4. The van der Waals surface area contributed by atoms with Crippen molar-refractivity contribution in [3.05, 3.63) is 57.0 Å². The zero-order chi connectivity index (χ0) is 23.3. The van der Waals surface area contributed by atoms with Crippen molar-refractivity contribution in [1.82, 2.24) is 14.9 Å². The molecule has 1 aliphatic carbocycles. The van der Waals surface area contributed by atoms with E-state index in [0.717, 1.165) is 35.6 Å². The molecule has 1 saturated carbocycles. The van der Waals surface area contributed by atoms with Crippen LogP contribution in [0.1, 0.15) is 73.6 Å². The second-order valence-electron chi connectivity index (χ2n) is 10.5. The topological polar surface area (TPSA) is 59.0 Å².